The average molecular weight is 393 g/mol. The maximum atomic E-state index is 12.7. The van der Waals surface area contributed by atoms with E-state index in [4.69, 9.17) is 4.74 Å². The van der Waals surface area contributed by atoms with Crippen LogP contribution in [0, 0.1) is 18.8 Å². The lowest BCUT2D eigenvalue weighted by atomic mass is 9.85. The van der Waals surface area contributed by atoms with E-state index in [1.54, 1.807) is 0 Å². The van der Waals surface area contributed by atoms with Crippen molar-refractivity contribution in [2.45, 2.75) is 70.1 Å². The Morgan fingerprint density at radius 3 is 2.70 bits per heavy atom. The number of ether oxygens (including phenoxy) is 1. The Labute approximate surface area is 169 Å². The zero-order valence-electron chi connectivity index (χ0n) is 16.3. The summed E-state index contributed by atoms with van der Waals surface area (Å²) in [6, 6.07) is 9.20. The number of aryl methyl sites for hydroxylation is 1. The summed E-state index contributed by atoms with van der Waals surface area (Å²) >= 11 is 0. The molecule has 2 saturated heterocycles. The molecule has 2 heterocycles. The van der Waals surface area contributed by atoms with Crippen LogP contribution in [0.1, 0.15) is 62.2 Å². The van der Waals surface area contributed by atoms with E-state index in [9.17, 15) is 4.79 Å². The van der Waals surface area contributed by atoms with Crippen LogP contribution in [0.25, 0.3) is 0 Å². The van der Waals surface area contributed by atoms with Gasteiger partial charge in [0.25, 0.3) is 0 Å². The molecule has 1 saturated carbocycles. The minimum atomic E-state index is 0. The first-order chi connectivity index (χ1) is 12.7. The predicted octanol–water partition coefficient (Wildman–Crippen LogP) is 3.92. The lowest BCUT2D eigenvalue weighted by Gasteiger charge is -2.32. The number of fused-ring (bicyclic) bond motifs is 1. The number of halogens is 1. The van der Waals surface area contributed by atoms with Crippen molar-refractivity contribution in [2.24, 2.45) is 11.8 Å². The molecule has 0 radical (unpaired) electrons. The molecule has 2 N–H and O–H groups in total. The molecule has 4 rings (SSSR count). The minimum Gasteiger partial charge on any atom is -0.373 e. The Balaban J connectivity index is 0.00000210. The van der Waals surface area contributed by atoms with Crippen molar-refractivity contribution >= 4 is 18.3 Å². The zero-order valence-corrected chi connectivity index (χ0v) is 17.1. The molecule has 4 nitrogen and oxygen atoms in total. The molecule has 0 bridgehead atoms. The Kier molecular flexibility index (Phi) is 7.18. The van der Waals surface area contributed by atoms with E-state index in [0.717, 1.165) is 25.9 Å². The van der Waals surface area contributed by atoms with Crippen molar-refractivity contribution in [3.63, 3.8) is 0 Å². The highest BCUT2D eigenvalue weighted by atomic mass is 35.5. The molecule has 5 heteroatoms. The van der Waals surface area contributed by atoms with Crippen LogP contribution >= 0.6 is 12.4 Å². The van der Waals surface area contributed by atoms with Gasteiger partial charge in [0.1, 0.15) is 0 Å². The van der Waals surface area contributed by atoms with Crippen LogP contribution in [-0.4, -0.2) is 31.1 Å². The van der Waals surface area contributed by atoms with Crippen LogP contribution < -0.4 is 10.6 Å². The van der Waals surface area contributed by atoms with E-state index < -0.39 is 0 Å². The van der Waals surface area contributed by atoms with Gasteiger partial charge < -0.3 is 15.4 Å². The van der Waals surface area contributed by atoms with Crippen LogP contribution in [0.5, 0.6) is 0 Å². The minimum absolute atomic E-state index is 0. The Hall–Kier alpha value is -1.10. The van der Waals surface area contributed by atoms with Gasteiger partial charge in [-0.25, -0.2) is 0 Å². The fraction of sp³-hybridized carbons (Fsp3) is 0.682. The number of hydrogen-bond donors (Lipinski definition) is 2. The quantitative estimate of drug-likeness (QED) is 0.816. The highest BCUT2D eigenvalue weighted by molar-refractivity contribution is 5.85. The fourth-order valence-corrected chi connectivity index (χ4v) is 5.05. The lowest BCUT2D eigenvalue weighted by molar-refractivity contribution is -0.123. The van der Waals surface area contributed by atoms with Gasteiger partial charge in [0.15, 0.2) is 0 Å². The Bertz CT molecular complexity index is 607. The second-order valence-corrected chi connectivity index (χ2v) is 8.46. The van der Waals surface area contributed by atoms with Crippen LogP contribution in [0.15, 0.2) is 24.3 Å². The van der Waals surface area contributed by atoms with Crippen molar-refractivity contribution in [1.82, 2.24) is 10.6 Å². The molecule has 150 valence electrons. The van der Waals surface area contributed by atoms with Crippen molar-refractivity contribution in [3.8, 4) is 0 Å². The number of benzene rings is 1. The summed E-state index contributed by atoms with van der Waals surface area (Å²) in [7, 11) is 0. The van der Waals surface area contributed by atoms with Gasteiger partial charge in [-0.15, -0.1) is 12.4 Å². The molecule has 27 heavy (non-hydrogen) atoms. The second kappa shape index (κ2) is 9.40. The van der Waals surface area contributed by atoms with Gasteiger partial charge in [-0.1, -0.05) is 42.7 Å². The fourth-order valence-electron chi connectivity index (χ4n) is 5.05. The highest BCUT2D eigenvalue weighted by Gasteiger charge is 2.38. The normalized spacial score (nSPS) is 33.0. The van der Waals surface area contributed by atoms with Crippen LogP contribution in [0.3, 0.4) is 0 Å². The third kappa shape index (κ3) is 4.85. The summed E-state index contributed by atoms with van der Waals surface area (Å²) in [4.78, 5) is 12.7. The number of hydrogen-bond acceptors (Lipinski definition) is 3. The molecule has 2 aliphatic heterocycles. The van der Waals surface area contributed by atoms with Crippen molar-refractivity contribution in [2.75, 3.05) is 13.2 Å². The largest absolute Gasteiger partial charge is 0.373 e. The molecule has 3 aliphatic rings. The van der Waals surface area contributed by atoms with Crippen LogP contribution in [0.4, 0.5) is 0 Å². The Morgan fingerprint density at radius 2 is 1.93 bits per heavy atom. The molecule has 1 amide bonds. The standard InChI is InChI=1S/C22H32N2O2.ClH/c1-15-8-10-16(11-9-15)21-18(6-4-12-26-21)14-23-22(25)20-13-17-5-2-3-7-19(17)24-20;/h8-11,17-21,24H,2-7,12-14H2,1H3,(H,23,25);1H. The van der Waals surface area contributed by atoms with E-state index in [0.29, 0.717) is 24.4 Å². The number of carbonyl (C=O) groups excluding carboxylic acids is 1. The van der Waals surface area contributed by atoms with E-state index in [1.165, 1.54) is 36.8 Å². The summed E-state index contributed by atoms with van der Waals surface area (Å²) < 4.78 is 6.08. The third-order valence-electron chi connectivity index (χ3n) is 6.57. The van der Waals surface area contributed by atoms with Gasteiger partial charge in [-0.2, -0.15) is 0 Å². The maximum absolute atomic E-state index is 12.7. The van der Waals surface area contributed by atoms with E-state index >= 15 is 0 Å². The van der Waals surface area contributed by atoms with Crippen LogP contribution in [0.2, 0.25) is 0 Å². The third-order valence-corrected chi connectivity index (χ3v) is 6.57. The first-order valence-electron chi connectivity index (χ1n) is 10.4. The number of rotatable bonds is 4. The maximum Gasteiger partial charge on any atom is 0.237 e. The van der Waals surface area contributed by atoms with Gasteiger partial charge in [0, 0.05) is 25.1 Å². The van der Waals surface area contributed by atoms with E-state index in [2.05, 4.69) is 41.8 Å². The van der Waals surface area contributed by atoms with Gasteiger partial charge in [0.05, 0.1) is 12.1 Å². The lowest BCUT2D eigenvalue weighted by Crippen LogP contribution is -2.45. The second-order valence-electron chi connectivity index (χ2n) is 8.46. The summed E-state index contributed by atoms with van der Waals surface area (Å²) in [5, 5.41) is 6.82. The predicted molar refractivity (Wildman–Crippen MR) is 110 cm³/mol. The molecule has 1 aliphatic carbocycles. The first-order valence-corrected chi connectivity index (χ1v) is 10.4. The molecular formula is C22H33ClN2O2. The van der Waals surface area contributed by atoms with Crippen molar-refractivity contribution in [1.29, 1.82) is 0 Å². The van der Waals surface area contributed by atoms with E-state index in [1.807, 2.05) is 0 Å². The molecule has 5 atom stereocenters. The molecular weight excluding hydrogens is 360 g/mol. The number of carbonyl (C=O) groups is 1. The van der Waals surface area contributed by atoms with Crippen LogP contribution in [-0.2, 0) is 9.53 Å². The van der Waals surface area contributed by atoms with Crippen molar-refractivity contribution in [3.05, 3.63) is 35.4 Å². The van der Waals surface area contributed by atoms with Gasteiger partial charge in [-0.3, -0.25) is 4.79 Å². The SMILES string of the molecule is Cc1ccc(C2OCCCC2CNC(=O)C2CC3CCCCC3N2)cc1.Cl. The number of amides is 1. The topological polar surface area (TPSA) is 50.4 Å². The molecule has 0 aromatic heterocycles. The summed E-state index contributed by atoms with van der Waals surface area (Å²) in [6.07, 6.45) is 8.46. The van der Waals surface area contributed by atoms with Gasteiger partial charge in [0.2, 0.25) is 5.91 Å². The molecule has 0 spiro atoms. The van der Waals surface area contributed by atoms with E-state index in [-0.39, 0.29) is 30.5 Å². The molecule has 5 unspecified atom stereocenters. The van der Waals surface area contributed by atoms with Gasteiger partial charge >= 0.3 is 0 Å². The summed E-state index contributed by atoms with van der Waals surface area (Å²) in [5.41, 5.74) is 2.50. The van der Waals surface area contributed by atoms with Crippen molar-refractivity contribution < 1.29 is 9.53 Å². The average Bonchev–Trinajstić information content (AvgIpc) is 3.11. The molecule has 1 aromatic rings. The zero-order chi connectivity index (χ0) is 17.9. The monoisotopic (exact) mass is 392 g/mol. The van der Waals surface area contributed by atoms with Gasteiger partial charge in [-0.05, 0) is 50.5 Å². The first kappa shape index (κ1) is 20.6. The molecule has 3 fully saturated rings. The molecule has 1 aromatic carbocycles. The highest BCUT2D eigenvalue weighted by Crippen LogP contribution is 2.35. The summed E-state index contributed by atoms with van der Waals surface area (Å²) in [6.45, 7) is 3.64. The summed E-state index contributed by atoms with van der Waals surface area (Å²) in [5.74, 6) is 1.25. The smallest absolute Gasteiger partial charge is 0.237 e. The number of nitrogens with one attached hydrogen (secondary N) is 2. The Morgan fingerprint density at radius 1 is 1.15 bits per heavy atom.